The van der Waals surface area contributed by atoms with Crippen molar-refractivity contribution in [1.82, 2.24) is 10.5 Å². The van der Waals surface area contributed by atoms with Gasteiger partial charge < -0.3 is 14.9 Å². The van der Waals surface area contributed by atoms with Gasteiger partial charge in [0.05, 0.1) is 6.04 Å². The molecule has 128 valence electrons. The van der Waals surface area contributed by atoms with E-state index in [4.69, 9.17) is 16.1 Å². The van der Waals surface area contributed by atoms with Crippen LogP contribution in [0.1, 0.15) is 49.4 Å². The van der Waals surface area contributed by atoms with E-state index in [0.717, 1.165) is 0 Å². The minimum atomic E-state index is -1.17. The number of halogens is 1. The first kappa shape index (κ1) is 18.0. The Hall–Kier alpha value is -2.34. The molecule has 2 rings (SSSR count). The fraction of sp³-hybridized carbons (Fsp3) is 0.353. The number of hydrogen-bond acceptors (Lipinski definition) is 4. The molecule has 2 N–H and O–H groups in total. The van der Waals surface area contributed by atoms with Crippen LogP contribution in [-0.4, -0.2) is 22.1 Å². The minimum absolute atomic E-state index is 0.0605. The number of nitrogens with zero attached hydrogens (tertiary/aromatic N) is 1. The highest BCUT2D eigenvalue weighted by molar-refractivity contribution is 6.30. The average Bonchev–Trinajstić information content (AvgIpc) is 2.92. The summed E-state index contributed by atoms with van der Waals surface area (Å²) in [5, 5.41) is 16.7. The maximum atomic E-state index is 11.9. The summed E-state index contributed by atoms with van der Waals surface area (Å²) in [6.45, 7) is 5.52. The Bertz CT molecular complexity index is 738. The van der Waals surface area contributed by atoms with Gasteiger partial charge in [-0.15, -0.1) is 0 Å². The molecule has 0 saturated carbocycles. The second-order valence-electron chi connectivity index (χ2n) is 5.97. The third-order valence-corrected chi connectivity index (χ3v) is 3.67. The zero-order valence-electron chi connectivity index (χ0n) is 13.7. The Morgan fingerprint density at radius 1 is 1.25 bits per heavy atom. The molecule has 0 fully saturated rings. The lowest BCUT2D eigenvalue weighted by Gasteiger charge is -2.13. The summed E-state index contributed by atoms with van der Waals surface area (Å²) in [7, 11) is 0. The van der Waals surface area contributed by atoms with E-state index in [0.29, 0.717) is 17.0 Å². The normalized spacial score (nSPS) is 12.2. The van der Waals surface area contributed by atoms with Gasteiger partial charge in [-0.05, 0) is 25.0 Å². The summed E-state index contributed by atoms with van der Waals surface area (Å²) in [5.74, 6) is -1.01. The van der Waals surface area contributed by atoms with Crippen LogP contribution in [0, 0.1) is 5.92 Å². The van der Waals surface area contributed by atoms with E-state index in [1.165, 1.54) is 0 Å². The number of carbonyl (C=O) groups is 2. The van der Waals surface area contributed by atoms with Crippen molar-refractivity contribution in [2.45, 2.75) is 33.2 Å². The van der Waals surface area contributed by atoms with Crippen LogP contribution in [-0.2, 0) is 4.79 Å². The molecule has 0 aliphatic heterocycles. The molecule has 0 radical (unpaired) electrons. The van der Waals surface area contributed by atoms with Crippen LogP contribution >= 0.6 is 11.6 Å². The van der Waals surface area contributed by atoms with Gasteiger partial charge in [0.2, 0.25) is 5.91 Å². The van der Waals surface area contributed by atoms with Crippen molar-refractivity contribution >= 4 is 23.5 Å². The number of hydrogen-bond donors (Lipinski definition) is 2. The summed E-state index contributed by atoms with van der Waals surface area (Å²) in [6, 6.07) is 6.02. The number of rotatable bonds is 6. The molecule has 0 spiro atoms. The summed E-state index contributed by atoms with van der Waals surface area (Å²) in [5.41, 5.74) is 0.723. The molecule has 6 nitrogen and oxygen atoms in total. The highest BCUT2D eigenvalue weighted by Gasteiger charge is 2.28. The molecule has 7 heteroatoms. The van der Waals surface area contributed by atoms with Crippen LogP contribution in [0.15, 0.2) is 28.8 Å². The van der Waals surface area contributed by atoms with Crippen molar-refractivity contribution in [2.24, 2.45) is 5.92 Å². The number of benzene rings is 1. The molecule has 1 aromatic carbocycles. The number of nitrogens with one attached hydrogen (secondary N) is 1. The Morgan fingerprint density at radius 2 is 1.88 bits per heavy atom. The molecule has 1 heterocycles. The number of carboxylic acids is 1. The standard InChI is InChI=1S/C17H19ClN2O4/c1-9(2)8-13(21)19-10(3)16-14(17(22)23)15(20-24-16)11-4-6-12(18)7-5-11/h4-7,9-10H,8H2,1-3H3,(H,19,21)(H,22,23)/t10-/m1/s1. The van der Waals surface area contributed by atoms with E-state index < -0.39 is 12.0 Å². The molecule has 1 amide bonds. The summed E-state index contributed by atoms with van der Waals surface area (Å²) >= 11 is 5.85. The molecule has 0 bridgehead atoms. The Balaban J connectivity index is 2.33. The van der Waals surface area contributed by atoms with Gasteiger partial charge in [0.25, 0.3) is 0 Å². The van der Waals surface area contributed by atoms with Gasteiger partial charge >= 0.3 is 5.97 Å². The van der Waals surface area contributed by atoms with Crippen molar-refractivity contribution in [3.63, 3.8) is 0 Å². The van der Waals surface area contributed by atoms with Gasteiger partial charge in [0.15, 0.2) is 5.76 Å². The number of amides is 1. The van der Waals surface area contributed by atoms with Crippen LogP contribution in [0.4, 0.5) is 0 Å². The van der Waals surface area contributed by atoms with Crippen LogP contribution in [0.5, 0.6) is 0 Å². The Labute approximate surface area is 144 Å². The van der Waals surface area contributed by atoms with Crippen molar-refractivity contribution < 1.29 is 19.2 Å². The van der Waals surface area contributed by atoms with Gasteiger partial charge in [-0.2, -0.15) is 0 Å². The molecule has 0 unspecified atom stereocenters. The lowest BCUT2D eigenvalue weighted by atomic mass is 10.0. The first-order chi connectivity index (χ1) is 11.3. The average molecular weight is 351 g/mol. The lowest BCUT2D eigenvalue weighted by Crippen LogP contribution is -2.28. The van der Waals surface area contributed by atoms with Gasteiger partial charge in [0.1, 0.15) is 11.3 Å². The van der Waals surface area contributed by atoms with Crippen molar-refractivity contribution in [3.8, 4) is 11.3 Å². The third kappa shape index (κ3) is 4.14. The van der Waals surface area contributed by atoms with E-state index in [9.17, 15) is 14.7 Å². The van der Waals surface area contributed by atoms with E-state index in [1.54, 1.807) is 31.2 Å². The van der Waals surface area contributed by atoms with E-state index in [-0.39, 0.29) is 28.8 Å². The predicted molar refractivity (Wildman–Crippen MR) is 89.9 cm³/mol. The molecule has 0 saturated heterocycles. The SMILES string of the molecule is CC(C)CC(=O)N[C@H](C)c1onc(-c2ccc(Cl)cc2)c1C(=O)O. The van der Waals surface area contributed by atoms with Crippen LogP contribution in [0.3, 0.4) is 0 Å². The zero-order valence-corrected chi connectivity index (χ0v) is 14.4. The number of aromatic carboxylic acids is 1. The second-order valence-corrected chi connectivity index (χ2v) is 6.41. The quantitative estimate of drug-likeness (QED) is 0.823. The maximum Gasteiger partial charge on any atom is 0.341 e. The topological polar surface area (TPSA) is 92.4 Å². The molecule has 2 aromatic rings. The van der Waals surface area contributed by atoms with Crippen molar-refractivity contribution in [2.75, 3.05) is 0 Å². The summed E-state index contributed by atoms with van der Waals surface area (Å²) < 4.78 is 5.23. The summed E-state index contributed by atoms with van der Waals surface area (Å²) in [6.07, 6.45) is 0.352. The monoisotopic (exact) mass is 350 g/mol. The third-order valence-electron chi connectivity index (χ3n) is 3.41. The smallest absolute Gasteiger partial charge is 0.341 e. The molecular weight excluding hydrogens is 332 g/mol. The van der Waals surface area contributed by atoms with Crippen LogP contribution in [0.2, 0.25) is 5.02 Å². The Morgan fingerprint density at radius 3 is 2.42 bits per heavy atom. The minimum Gasteiger partial charge on any atom is -0.477 e. The first-order valence-electron chi connectivity index (χ1n) is 7.57. The molecule has 0 aliphatic carbocycles. The van der Waals surface area contributed by atoms with Gasteiger partial charge in [-0.1, -0.05) is 42.7 Å². The molecule has 24 heavy (non-hydrogen) atoms. The molecule has 1 atom stereocenters. The van der Waals surface area contributed by atoms with E-state index >= 15 is 0 Å². The van der Waals surface area contributed by atoms with E-state index in [2.05, 4.69) is 10.5 Å². The second kappa shape index (κ2) is 7.49. The Kier molecular flexibility index (Phi) is 5.62. The highest BCUT2D eigenvalue weighted by Crippen LogP contribution is 2.30. The number of aromatic nitrogens is 1. The highest BCUT2D eigenvalue weighted by atomic mass is 35.5. The van der Waals surface area contributed by atoms with E-state index in [1.807, 2.05) is 13.8 Å². The van der Waals surface area contributed by atoms with Gasteiger partial charge in [-0.3, -0.25) is 4.79 Å². The van der Waals surface area contributed by atoms with Crippen molar-refractivity contribution in [3.05, 3.63) is 40.6 Å². The van der Waals surface area contributed by atoms with Crippen LogP contribution in [0.25, 0.3) is 11.3 Å². The maximum absolute atomic E-state index is 11.9. The largest absolute Gasteiger partial charge is 0.477 e. The van der Waals surface area contributed by atoms with Gasteiger partial charge in [-0.25, -0.2) is 4.79 Å². The molecule has 1 aromatic heterocycles. The predicted octanol–water partition coefficient (Wildman–Crippen LogP) is 3.92. The van der Waals surface area contributed by atoms with Gasteiger partial charge in [0, 0.05) is 17.0 Å². The summed E-state index contributed by atoms with van der Waals surface area (Å²) in [4.78, 5) is 23.6. The zero-order chi connectivity index (χ0) is 17.9. The molecular formula is C17H19ClN2O4. The first-order valence-corrected chi connectivity index (χ1v) is 7.95. The number of carbonyl (C=O) groups excluding carboxylic acids is 1. The number of carboxylic acid groups (broad SMARTS) is 1. The molecule has 0 aliphatic rings. The fourth-order valence-corrected chi connectivity index (χ4v) is 2.47. The fourth-order valence-electron chi connectivity index (χ4n) is 2.35. The lowest BCUT2D eigenvalue weighted by molar-refractivity contribution is -0.122. The van der Waals surface area contributed by atoms with Crippen molar-refractivity contribution in [1.29, 1.82) is 0 Å². The van der Waals surface area contributed by atoms with Crippen LogP contribution < -0.4 is 5.32 Å².